The predicted octanol–water partition coefficient (Wildman–Crippen LogP) is 1.76. The Bertz CT molecular complexity index is 272. The van der Waals surface area contributed by atoms with Crippen molar-refractivity contribution in [2.75, 3.05) is 5.75 Å². The Kier molecular flexibility index (Phi) is 3.37. The zero-order valence-electron chi connectivity index (χ0n) is 8.10. The standard InChI is InChI=1S/C10H15N3S/c11-10(8-7-12-4-5-13-8)9-3-1-2-6-14-9/h4-5,7,9-10H,1-3,6,11H2. The first-order chi connectivity index (χ1) is 6.88. The van der Waals surface area contributed by atoms with E-state index >= 15 is 0 Å². The summed E-state index contributed by atoms with van der Waals surface area (Å²) in [6.45, 7) is 0. The molecule has 0 bridgehead atoms. The number of nitrogens with two attached hydrogens (primary N) is 1. The van der Waals surface area contributed by atoms with Crippen LogP contribution in [-0.4, -0.2) is 21.0 Å². The molecule has 1 fully saturated rings. The lowest BCUT2D eigenvalue weighted by Crippen LogP contribution is -2.27. The average Bonchev–Trinajstić information content (AvgIpc) is 2.30. The van der Waals surface area contributed by atoms with Crippen LogP contribution in [0.2, 0.25) is 0 Å². The third-order valence-electron chi connectivity index (χ3n) is 2.54. The van der Waals surface area contributed by atoms with E-state index < -0.39 is 0 Å². The number of hydrogen-bond donors (Lipinski definition) is 1. The topological polar surface area (TPSA) is 51.8 Å². The van der Waals surface area contributed by atoms with Gasteiger partial charge in [-0.05, 0) is 18.6 Å². The van der Waals surface area contributed by atoms with E-state index in [4.69, 9.17) is 5.73 Å². The molecule has 2 atom stereocenters. The highest BCUT2D eigenvalue weighted by molar-refractivity contribution is 8.00. The summed E-state index contributed by atoms with van der Waals surface area (Å²) in [5, 5.41) is 0.528. The van der Waals surface area contributed by atoms with E-state index in [1.54, 1.807) is 18.6 Å². The molecule has 1 aromatic heterocycles. The lowest BCUT2D eigenvalue weighted by atomic mass is 10.1. The van der Waals surface area contributed by atoms with Gasteiger partial charge in [-0.15, -0.1) is 0 Å². The van der Waals surface area contributed by atoms with Crippen molar-refractivity contribution in [1.82, 2.24) is 9.97 Å². The summed E-state index contributed by atoms with van der Waals surface area (Å²) in [5.74, 6) is 1.23. The third kappa shape index (κ3) is 2.25. The van der Waals surface area contributed by atoms with Gasteiger partial charge in [0.05, 0.1) is 11.7 Å². The summed E-state index contributed by atoms with van der Waals surface area (Å²) in [4.78, 5) is 8.30. The van der Waals surface area contributed by atoms with Gasteiger partial charge >= 0.3 is 0 Å². The maximum absolute atomic E-state index is 6.15. The second-order valence-electron chi connectivity index (χ2n) is 3.56. The highest BCUT2D eigenvalue weighted by Crippen LogP contribution is 2.32. The minimum Gasteiger partial charge on any atom is -0.322 e. The van der Waals surface area contributed by atoms with Gasteiger partial charge in [-0.1, -0.05) is 6.42 Å². The molecule has 0 saturated carbocycles. The summed E-state index contributed by atoms with van der Waals surface area (Å²) in [7, 11) is 0. The number of rotatable bonds is 2. The molecule has 0 radical (unpaired) electrons. The van der Waals surface area contributed by atoms with Crippen LogP contribution in [0.15, 0.2) is 18.6 Å². The van der Waals surface area contributed by atoms with Gasteiger partial charge in [-0.25, -0.2) is 0 Å². The van der Waals surface area contributed by atoms with E-state index in [0.717, 1.165) is 5.69 Å². The molecule has 2 unspecified atom stereocenters. The predicted molar refractivity (Wildman–Crippen MR) is 59.1 cm³/mol. The van der Waals surface area contributed by atoms with Crippen LogP contribution in [-0.2, 0) is 0 Å². The molecular formula is C10H15N3S. The van der Waals surface area contributed by atoms with Crippen LogP contribution in [0, 0.1) is 0 Å². The highest BCUT2D eigenvalue weighted by Gasteiger charge is 2.23. The quantitative estimate of drug-likeness (QED) is 0.806. The molecule has 0 spiro atoms. The van der Waals surface area contributed by atoms with Gasteiger partial charge in [0.15, 0.2) is 0 Å². The average molecular weight is 209 g/mol. The minimum absolute atomic E-state index is 0.0500. The first-order valence-corrected chi connectivity index (χ1v) is 6.06. The molecule has 14 heavy (non-hydrogen) atoms. The first kappa shape index (κ1) is 9.93. The van der Waals surface area contributed by atoms with Crippen molar-refractivity contribution in [3.05, 3.63) is 24.3 Å². The van der Waals surface area contributed by atoms with E-state index in [2.05, 4.69) is 9.97 Å². The van der Waals surface area contributed by atoms with Crippen molar-refractivity contribution < 1.29 is 0 Å². The van der Waals surface area contributed by atoms with Crippen molar-refractivity contribution in [2.24, 2.45) is 5.73 Å². The molecule has 76 valence electrons. The van der Waals surface area contributed by atoms with Crippen LogP contribution >= 0.6 is 11.8 Å². The summed E-state index contributed by atoms with van der Waals surface area (Å²) in [6, 6.07) is 0.0500. The van der Waals surface area contributed by atoms with Gasteiger partial charge in [0.1, 0.15) is 0 Å². The van der Waals surface area contributed by atoms with Crippen LogP contribution in [0.4, 0.5) is 0 Å². The van der Waals surface area contributed by atoms with E-state index in [9.17, 15) is 0 Å². The lowest BCUT2D eigenvalue weighted by molar-refractivity contribution is 0.570. The van der Waals surface area contributed by atoms with Crippen LogP contribution in [0.5, 0.6) is 0 Å². The van der Waals surface area contributed by atoms with Crippen molar-refractivity contribution in [3.8, 4) is 0 Å². The number of thioether (sulfide) groups is 1. The summed E-state index contributed by atoms with van der Waals surface area (Å²) in [6.07, 6.45) is 9.01. The fourth-order valence-electron chi connectivity index (χ4n) is 1.72. The molecule has 0 amide bonds. The third-order valence-corrected chi connectivity index (χ3v) is 4.02. The van der Waals surface area contributed by atoms with Crippen molar-refractivity contribution in [2.45, 2.75) is 30.6 Å². The Labute approximate surface area is 88.5 Å². The Balaban J connectivity index is 2.03. The fraction of sp³-hybridized carbons (Fsp3) is 0.600. The first-order valence-electron chi connectivity index (χ1n) is 5.01. The summed E-state index contributed by atoms with van der Waals surface area (Å²) >= 11 is 1.97. The second-order valence-corrected chi connectivity index (χ2v) is 4.91. The van der Waals surface area contributed by atoms with Crippen molar-refractivity contribution in [3.63, 3.8) is 0 Å². The Morgan fingerprint density at radius 3 is 3.00 bits per heavy atom. The summed E-state index contributed by atoms with van der Waals surface area (Å²) < 4.78 is 0. The zero-order valence-corrected chi connectivity index (χ0v) is 8.91. The van der Waals surface area contributed by atoms with Crippen LogP contribution in [0.25, 0.3) is 0 Å². The normalized spacial score (nSPS) is 24.5. The van der Waals surface area contributed by atoms with Gasteiger partial charge in [0, 0.05) is 23.8 Å². The number of aromatic nitrogens is 2. The van der Waals surface area contributed by atoms with Gasteiger partial charge in [0.25, 0.3) is 0 Å². The maximum atomic E-state index is 6.15. The van der Waals surface area contributed by atoms with Crippen LogP contribution in [0.3, 0.4) is 0 Å². The SMILES string of the molecule is NC(c1cnccn1)C1CCCCS1. The molecule has 1 saturated heterocycles. The van der Waals surface area contributed by atoms with E-state index in [-0.39, 0.29) is 6.04 Å². The molecule has 2 rings (SSSR count). The lowest BCUT2D eigenvalue weighted by Gasteiger charge is -2.26. The zero-order chi connectivity index (χ0) is 9.80. The van der Waals surface area contributed by atoms with Crippen LogP contribution in [0.1, 0.15) is 31.0 Å². The molecule has 1 aromatic rings. The van der Waals surface area contributed by atoms with Gasteiger partial charge in [0.2, 0.25) is 0 Å². The molecule has 4 heteroatoms. The monoisotopic (exact) mass is 209 g/mol. The largest absolute Gasteiger partial charge is 0.322 e. The molecule has 3 nitrogen and oxygen atoms in total. The molecular weight excluding hydrogens is 194 g/mol. The molecule has 0 aromatic carbocycles. The van der Waals surface area contributed by atoms with Gasteiger partial charge in [-0.2, -0.15) is 11.8 Å². The summed E-state index contributed by atoms with van der Waals surface area (Å²) in [5.41, 5.74) is 7.07. The smallest absolute Gasteiger partial charge is 0.0765 e. The van der Waals surface area contributed by atoms with Crippen molar-refractivity contribution in [1.29, 1.82) is 0 Å². The molecule has 1 aliphatic rings. The number of nitrogens with zero attached hydrogens (tertiary/aromatic N) is 2. The van der Waals surface area contributed by atoms with E-state index in [1.165, 1.54) is 25.0 Å². The van der Waals surface area contributed by atoms with Crippen LogP contribution < -0.4 is 5.73 Å². The minimum atomic E-state index is 0.0500. The molecule has 2 N–H and O–H groups in total. The Hall–Kier alpha value is -0.610. The maximum Gasteiger partial charge on any atom is 0.0765 e. The highest BCUT2D eigenvalue weighted by atomic mass is 32.2. The fourth-order valence-corrected chi connectivity index (χ4v) is 3.08. The van der Waals surface area contributed by atoms with Gasteiger partial charge in [-0.3, -0.25) is 9.97 Å². The Morgan fingerprint density at radius 1 is 1.43 bits per heavy atom. The second kappa shape index (κ2) is 4.75. The van der Waals surface area contributed by atoms with E-state index in [0.29, 0.717) is 5.25 Å². The molecule has 1 aliphatic heterocycles. The molecule has 2 heterocycles. The number of hydrogen-bond acceptors (Lipinski definition) is 4. The molecule has 0 aliphatic carbocycles. The van der Waals surface area contributed by atoms with Gasteiger partial charge < -0.3 is 5.73 Å². The van der Waals surface area contributed by atoms with Crippen molar-refractivity contribution >= 4 is 11.8 Å². The van der Waals surface area contributed by atoms with E-state index in [1.807, 2.05) is 11.8 Å². The Morgan fingerprint density at radius 2 is 2.36 bits per heavy atom.